The predicted molar refractivity (Wildman–Crippen MR) is 73.0 cm³/mol. The number of hydrogen-bond acceptors (Lipinski definition) is 3. The van der Waals surface area contributed by atoms with E-state index in [0.717, 1.165) is 17.8 Å². The maximum atomic E-state index is 6.25. The molecule has 0 unspecified atom stereocenters. The van der Waals surface area contributed by atoms with E-state index in [1.807, 2.05) is 18.2 Å². The second kappa shape index (κ2) is 5.08. The molecule has 0 atom stereocenters. The Bertz CT molecular complexity index is 514. The van der Waals surface area contributed by atoms with Gasteiger partial charge < -0.3 is 5.32 Å². The van der Waals surface area contributed by atoms with Crippen LogP contribution < -0.4 is 5.32 Å². The van der Waals surface area contributed by atoms with Crippen LogP contribution in [-0.4, -0.2) is 20.3 Å². The van der Waals surface area contributed by atoms with Crippen molar-refractivity contribution in [2.75, 3.05) is 0 Å². The number of benzene rings is 1. The molecule has 4 nitrogen and oxygen atoms in total. The van der Waals surface area contributed by atoms with Crippen molar-refractivity contribution in [3.63, 3.8) is 0 Å². The van der Waals surface area contributed by atoms with Crippen LogP contribution in [0.3, 0.4) is 0 Å². The molecule has 0 bridgehead atoms. The first-order valence-electron chi connectivity index (χ1n) is 5.85. The van der Waals surface area contributed by atoms with Crippen LogP contribution in [-0.2, 0) is 6.54 Å². The first kappa shape index (κ1) is 13.1. The van der Waals surface area contributed by atoms with Gasteiger partial charge in [-0.15, -0.1) is 0 Å². The van der Waals surface area contributed by atoms with Gasteiger partial charge in [0, 0.05) is 12.1 Å². The summed E-state index contributed by atoms with van der Waals surface area (Å²) in [5.41, 5.74) is 2.04. The van der Waals surface area contributed by atoms with Crippen LogP contribution in [0.4, 0.5) is 0 Å². The van der Waals surface area contributed by atoms with E-state index in [9.17, 15) is 0 Å². The zero-order chi connectivity index (χ0) is 13.2. The van der Waals surface area contributed by atoms with Crippen LogP contribution in [0.25, 0.3) is 5.69 Å². The number of halogens is 1. The molecule has 1 heterocycles. The molecule has 0 aliphatic carbocycles. The van der Waals surface area contributed by atoms with Crippen LogP contribution in [0, 0.1) is 0 Å². The number of nitrogens with one attached hydrogen (secondary N) is 1. The van der Waals surface area contributed by atoms with Crippen LogP contribution in [0.2, 0.25) is 5.02 Å². The molecule has 0 saturated heterocycles. The summed E-state index contributed by atoms with van der Waals surface area (Å²) in [7, 11) is 0. The second-order valence-electron chi connectivity index (χ2n) is 5.19. The molecular formula is C13H17ClN4. The van der Waals surface area contributed by atoms with Gasteiger partial charge in [-0.05, 0) is 32.4 Å². The fourth-order valence-electron chi connectivity index (χ4n) is 1.64. The lowest BCUT2D eigenvalue weighted by Gasteiger charge is -2.21. The Morgan fingerprint density at radius 3 is 2.72 bits per heavy atom. The summed E-state index contributed by atoms with van der Waals surface area (Å²) in [6.45, 7) is 7.13. The molecular weight excluding hydrogens is 248 g/mol. The van der Waals surface area contributed by atoms with Gasteiger partial charge >= 0.3 is 0 Å². The average Bonchev–Trinajstić information content (AvgIpc) is 2.78. The van der Waals surface area contributed by atoms with Crippen molar-refractivity contribution in [3.8, 4) is 5.69 Å². The number of aromatic nitrogens is 3. The monoisotopic (exact) mass is 264 g/mol. The van der Waals surface area contributed by atoms with Gasteiger partial charge in [-0.1, -0.05) is 23.7 Å². The highest BCUT2D eigenvalue weighted by Gasteiger charge is 2.13. The molecule has 1 aromatic heterocycles. The first-order chi connectivity index (χ1) is 8.47. The Morgan fingerprint density at radius 2 is 2.11 bits per heavy atom. The zero-order valence-electron chi connectivity index (χ0n) is 10.8. The number of para-hydroxylation sites is 1. The standard InChI is InChI=1S/C13H17ClN4/c1-13(2,3)16-7-10-5-4-6-11(14)12(10)18-9-15-8-17-18/h4-6,8-9,16H,7H2,1-3H3. The highest BCUT2D eigenvalue weighted by molar-refractivity contribution is 6.32. The SMILES string of the molecule is CC(C)(C)NCc1cccc(Cl)c1-n1cncn1. The lowest BCUT2D eigenvalue weighted by molar-refractivity contribution is 0.424. The molecule has 0 aliphatic rings. The highest BCUT2D eigenvalue weighted by atomic mass is 35.5. The minimum Gasteiger partial charge on any atom is -0.308 e. The molecule has 2 rings (SSSR count). The smallest absolute Gasteiger partial charge is 0.138 e. The van der Waals surface area contributed by atoms with Crippen molar-refractivity contribution < 1.29 is 0 Å². The minimum absolute atomic E-state index is 0.0575. The minimum atomic E-state index is 0.0575. The third-order valence-electron chi connectivity index (χ3n) is 2.53. The van der Waals surface area contributed by atoms with Gasteiger partial charge in [-0.2, -0.15) is 5.10 Å². The van der Waals surface area contributed by atoms with Gasteiger partial charge in [0.05, 0.1) is 10.7 Å². The lowest BCUT2D eigenvalue weighted by atomic mass is 10.1. The molecule has 0 amide bonds. The average molecular weight is 265 g/mol. The van der Waals surface area contributed by atoms with Crippen molar-refractivity contribution in [1.82, 2.24) is 20.1 Å². The van der Waals surface area contributed by atoms with E-state index >= 15 is 0 Å². The van der Waals surface area contributed by atoms with Gasteiger partial charge in [0.2, 0.25) is 0 Å². The third kappa shape index (κ3) is 3.09. The van der Waals surface area contributed by atoms with E-state index in [1.165, 1.54) is 6.33 Å². The number of hydrogen-bond donors (Lipinski definition) is 1. The fourth-order valence-corrected chi connectivity index (χ4v) is 1.92. The maximum Gasteiger partial charge on any atom is 0.138 e. The largest absolute Gasteiger partial charge is 0.308 e. The molecule has 2 aromatic rings. The Hall–Kier alpha value is -1.39. The van der Waals surface area contributed by atoms with E-state index in [-0.39, 0.29) is 5.54 Å². The first-order valence-corrected chi connectivity index (χ1v) is 6.22. The zero-order valence-corrected chi connectivity index (χ0v) is 11.6. The van der Waals surface area contributed by atoms with Crippen molar-refractivity contribution in [3.05, 3.63) is 41.4 Å². The van der Waals surface area contributed by atoms with Gasteiger partial charge in [-0.25, -0.2) is 9.67 Å². The van der Waals surface area contributed by atoms with Crippen molar-refractivity contribution in [1.29, 1.82) is 0 Å². The Labute approximate surface area is 112 Å². The van der Waals surface area contributed by atoms with Gasteiger partial charge in [0.1, 0.15) is 12.7 Å². The van der Waals surface area contributed by atoms with Gasteiger partial charge in [-0.3, -0.25) is 0 Å². The molecule has 0 fully saturated rings. The van der Waals surface area contributed by atoms with E-state index in [0.29, 0.717) is 5.02 Å². The summed E-state index contributed by atoms with van der Waals surface area (Å²) < 4.78 is 1.70. The summed E-state index contributed by atoms with van der Waals surface area (Å²) in [6.07, 6.45) is 3.16. The van der Waals surface area contributed by atoms with Crippen LogP contribution >= 0.6 is 11.6 Å². The van der Waals surface area contributed by atoms with E-state index in [4.69, 9.17) is 11.6 Å². The van der Waals surface area contributed by atoms with E-state index in [2.05, 4.69) is 36.2 Å². The molecule has 18 heavy (non-hydrogen) atoms. The molecule has 1 aromatic carbocycles. The van der Waals surface area contributed by atoms with Crippen LogP contribution in [0.5, 0.6) is 0 Å². The number of rotatable bonds is 3. The lowest BCUT2D eigenvalue weighted by Crippen LogP contribution is -2.35. The molecule has 0 spiro atoms. The number of nitrogens with zero attached hydrogens (tertiary/aromatic N) is 3. The maximum absolute atomic E-state index is 6.25. The Morgan fingerprint density at radius 1 is 1.33 bits per heavy atom. The summed E-state index contributed by atoms with van der Waals surface area (Å²) in [5.74, 6) is 0. The molecule has 0 saturated carbocycles. The molecule has 5 heteroatoms. The van der Waals surface area contributed by atoms with Gasteiger partial charge in [0.25, 0.3) is 0 Å². The van der Waals surface area contributed by atoms with Crippen molar-refractivity contribution in [2.45, 2.75) is 32.9 Å². The Kier molecular flexibility index (Phi) is 3.68. The highest BCUT2D eigenvalue weighted by Crippen LogP contribution is 2.23. The van der Waals surface area contributed by atoms with E-state index < -0.39 is 0 Å². The molecule has 0 aliphatic heterocycles. The van der Waals surface area contributed by atoms with Crippen molar-refractivity contribution in [2.24, 2.45) is 0 Å². The topological polar surface area (TPSA) is 42.7 Å². The second-order valence-corrected chi connectivity index (χ2v) is 5.60. The normalized spacial score (nSPS) is 11.8. The Balaban J connectivity index is 2.33. The third-order valence-corrected chi connectivity index (χ3v) is 2.83. The van der Waals surface area contributed by atoms with E-state index in [1.54, 1.807) is 11.0 Å². The molecule has 96 valence electrons. The quantitative estimate of drug-likeness (QED) is 0.927. The van der Waals surface area contributed by atoms with Gasteiger partial charge in [0.15, 0.2) is 0 Å². The summed E-state index contributed by atoms with van der Waals surface area (Å²) in [4.78, 5) is 3.96. The summed E-state index contributed by atoms with van der Waals surface area (Å²) in [5, 5.41) is 8.27. The predicted octanol–water partition coefficient (Wildman–Crippen LogP) is 2.81. The molecule has 1 N–H and O–H groups in total. The van der Waals surface area contributed by atoms with Crippen LogP contribution in [0.1, 0.15) is 26.3 Å². The summed E-state index contributed by atoms with van der Waals surface area (Å²) >= 11 is 6.25. The summed E-state index contributed by atoms with van der Waals surface area (Å²) in [6, 6.07) is 5.85. The van der Waals surface area contributed by atoms with Crippen molar-refractivity contribution >= 4 is 11.6 Å². The molecule has 0 radical (unpaired) electrons. The fraction of sp³-hybridized carbons (Fsp3) is 0.385. The van der Waals surface area contributed by atoms with Crippen LogP contribution in [0.15, 0.2) is 30.9 Å².